The van der Waals surface area contributed by atoms with E-state index in [-0.39, 0.29) is 6.10 Å². The monoisotopic (exact) mass is 269 g/mol. The Hall–Kier alpha value is -0.840. The predicted octanol–water partition coefficient (Wildman–Crippen LogP) is 2.20. The number of rotatable bonds is 3. The molecule has 0 radical (unpaired) electrons. The van der Waals surface area contributed by atoms with Gasteiger partial charge in [0, 0.05) is 19.3 Å². The van der Waals surface area contributed by atoms with Gasteiger partial charge in [-0.1, -0.05) is 18.5 Å². The highest BCUT2D eigenvalue weighted by Gasteiger charge is 2.27. The SMILES string of the molecule is CCC1COC(C)CN1c1ncc(CN)cc1Cl. The number of hydrogen-bond acceptors (Lipinski definition) is 4. The number of ether oxygens (including phenoxy) is 1. The smallest absolute Gasteiger partial charge is 0.147 e. The van der Waals surface area contributed by atoms with Gasteiger partial charge in [-0.15, -0.1) is 0 Å². The number of hydrogen-bond donors (Lipinski definition) is 1. The van der Waals surface area contributed by atoms with E-state index < -0.39 is 0 Å². The van der Waals surface area contributed by atoms with Crippen molar-refractivity contribution < 1.29 is 4.74 Å². The first-order valence-electron chi connectivity index (χ1n) is 6.38. The van der Waals surface area contributed by atoms with Gasteiger partial charge in [0.05, 0.1) is 23.8 Å². The summed E-state index contributed by atoms with van der Waals surface area (Å²) >= 11 is 6.31. The van der Waals surface area contributed by atoms with Gasteiger partial charge < -0.3 is 15.4 Å². The van der Waals surface area contributed by atoms with Crippen LogP contribution in [0.15, 0.2) is 12.3 Å². The van der Waals surface area contributed by atoms with Gasteiger partial charge in [0.25, 0.3) is 0 Å². The molecular formula is C13H20ClN3O. The molecule has 0 spiro atoms. The van der Waals surface area contributed by atoms with Crippen LogP contribution in [0.2, 0.25) is 5.02 Å². The summed E-state index contributed by atoms with van der Waals surface area (Å²) in [5.74, 6) is 0.843. The van der Waals surface area contributed by atoms with Crippen LogP contribution in [-0.2, 0) is 11.3 Å². The van der Waals surface area contributed by atoms with Crippen LogP contribution in [0.4, 0.5) is 5.82 Å². The predicted molar refractivity (Wildman–Crippen MR) is 74.0 cm³/mol. The Morgan fingerprint density at radius 3 is 3.00 bits per heavy atom. The van der Waals surface area contributed by atoms with Crippen molar-refractivity contribution >= 4 is 17.4 Å². The third-order valence-electron chi connectivity index (χ3n) is 3.33. The second-order valence-electron chi connectivity index (χ2n) is 4.71. The van der Waals surface area contributed by atoms with Crippen molar-refractivity contribution in [3.05, 3.63) is 22.8 Å². The molecule has 1 aliphatic heterocycles. The number of aromatic nitrogens is 1. The summed E-state index contributed by atoms with van der Waals surface area (Å²) in [5.41, 5.74) is 6.55. The van der Waals surface area contributed by atoms with Gasteiger partial charge in [-0.25, -0.2) is 4.98 Å². The van der Waals surface area contributed by atoms with E-state index >= 15 is 0 Å². The number of halogens is 1. The first-order valence-corrected chi connectivity index (χ1v) is 6.76. The van der Waals surface area contributed by atoms with Gasteiger partial charge >= 0.3 is 0 Å². The standard InChI is InChI=1S/C13H20ClN3O/c1-3-11-8-18-9(2)7-17(11)13-12(14)4-10(5-15)6-16-13/h4,6,9,11H,3,5,7-8,15H2,1-2H3. The summed E-state index contributed by atoms with van der Waals surface area (Å²) in [7, 11) is 0. The molecular weight excluding hydrogens is 250 g/mol. The van der Waals surface area contributed by atoms with Crippen molar-refractivity contribution in [2.75, 3.05) is 18.1 Å². The minimum atomic E-state index is 0.208. The van der Waals surface area contributed by atoms with E-state index in [1.54, 1.807) is 6.20 Å². The lowest BCUT2D eigenvalue weighted by molar-refractivity contribution is 0.0296. The second-order valence-corrected chi connectivity index (χ2v) is 5.12. The molecule has 1 fully saturated rings. The number of nitrogens with two attached hydrogens (primary N) is 1. The van der Waals surface area contributed by atoms with Crippen LogP contribution in [-0.4, -0.2) is 30.3 Å². The zero-order chi connectivity index (χ0) is 13.1. The molecule has 1 aliphatic rings. The van der Waals surface area contributed by atoms with Crippen LogP contribution >= 0.6 is 11.6 Å². The number of nitrogens with zero attached hydrogens (tertiary/aromatic N) is 2. The van der Waals surface area contributed by atoms with Gasteiger partial charge in [-0.2, -0.15) is 0 Å². The molecule has 2 heterocycles. The van der Waals surface area contributed by atoms with Gasteiger partial charge in [0.1, 0.15) is 5.82 Å². The van der Waals surface area contributed by atoms with E-state index in [0.717, 1.165) is 31.0 Å². The molecule has 4 nitrogen and oxygen atoms in total. The molecule has 1 saturated heterocycles. The quantitative estimate of drug-likeness (QED) is 0.914. The average molecular weight is 270 g/mol. The van der Waals surface area contributed by atoms with Gasteiger partial charge in [-0.05, 0) is 25.0 Å². The molecule has 0 aromatic carbocycles. The Kier molecular flexibility index (Phi) is 4.43. The molecule has 1 aromatic heterocycles. The molecule has 100 valence electrons. The third kappa shape index (κ3) is 2.76. The van der Waals surface area contributed by atoms with Crippen LogP contribution < -0.4 is 10.6 Å². The van der Waals surface area contributed by atoms with Crippen molar-refractivity contribution in [1.29, 1.82) is 0 Å². The summed E-state index contributed by atoms with van der Waals surface area (Å²) in [5, 5.41) is 0.672. The van der Waals surface area contributed by atoms with Crippen LogP contribution in [0.1, 0.15) is 25.8 Å². The highest BCUT2D eigenvalue weighted by atomic mass is 35.5. The maximum atomic E-state index is 6.31. The highest BCUT2D eigenvalue weighted by Crippen LogP contribution is 2.28. The lowest BCUT2D eigenvalue weighted by atomic mass is 10.1. The Morgan fingerprint density at radius 1 is 1.61 bits per heavy atom. The molecule has 5 heteroatoms. The van der Waals surface area contributed by atoms with E-state index in [4.69, 9.17) is 22.1 Å². The first-order chi connectivity index (χ1) is 8.65. The molecule has 0 aliphatic carbocycles. The number of morpholine rings is 1. The fourth-order valence-corrected chi connectivity index (χ4v) is 2.53. The van der Waals surface area contributed by atoms with Crippen LogP contribution in [0, 0.1) is 0 Å². The lowest BCUT2D eigenvalue weighted by Crippen LogP contribution is -2.49. The molecule has 2 unspecified atom stereocenters. The fraction of sp³-hybridized carbons (Fsp3) is 0.615. The minimum absolute atomic E-state index is 0.208. The van der Waals surface area contributed by atoms with Crippen molar-refractivity contribution in [2.45, 2.75) is 39.0 Å². The summed E-state index contributed by atoms with van der Waals surface area (Å²) in [6.07, 6.45) is 3.03. The number of anilines is 1. The Labute approximate surface area is 113 Å². The largest absolute Gasteiger partial charge is 0.375 e. The van der Waals surface area contributed by atoms with Crippen LogP contribution in [0.25, 0.3) is 0 Å². The zero-order valence-electron chi connectivity index (χ0n) is 10.9. The Bertz CT molecular complexity index is 413. The molecule has 2 atom stereocenters. The van der Waals surface area contributed by atoms with Gasteiger partial charge in [0.15, 0.2) is 0 Å². The molecule has 0 saturated carbocycles. The first kappa shape index (κ1) is 13.6. The van der Waals surface area contributed by atoms with E-state index in [2.05, 4.69) is 23.7 Å². The van der Waals surface area contributed by atoms with Crippen LogP contribution in [0.3, 0.4) is 0 Å². The third-order valence-corrected chi connectivity index (χ3v) is 3.60. The van der Waals surface area contributed by atoms with Gasteiger partial charge in [-0.3, -0.25) is 0 Å². The maximum absolute atomic E-state index is 6.31. The highest BCUT2D eigenvalue weighted by molar-refractivity contribution is 6.33. The van der Waals surface area contributed by atoms with E-state index in [1.807, 2.05) is 6.07 Å². The van der Waals surface area contributed by atoms with Crippen molar-refractivity contribution in [1.82, 2.24) is 4.98 Å². The summed E-state index contributed by atoms with van der Waals surface area (Å²) in [6, 6.07) is 2.24. The molecule has 0 bridgehead atoms. The molecule has 0 amide bonds. The average Bonchev–Trinajstić information content (AvgIpc) is 2.38. The van der Waals surface area contributed by atoms with Crippen molar-refractivity contribution in [3.8, 4) is 0 Å². The van der Waals surface area contributed by atoms with E-state index in [1.165, 1.54) is 0 Å². The van der Waals surface area contributed by atoms with Crippen LogP contribution in [0.5, 0.6) is 0 Å². The zero-order valence-corrected chi connectivity index (χ0v) is 11.7. The maximum Gasteiger partial charge on any atom is 0.147 e. The van der Waals surface area contributed by atoms with Gasteiger partial charge in [0.2, 0.25) is 0 Å². The fourth-order valence-electron chi connectivity index (χ4n) is 2.24. The van der Waals surface area contributed by atoms with Crippen molar-refractivity contribution in [3.63, 3.8) is 0 Å². The molecule has 1 aromatic rings. The van der Waals surface area contributed by atoms with Crippen molar-refractivity contribution in [2.24, 2.45) is 5.73 Å². The summed E-state index contributed by atoms with van der Waals surface area (Å²) in [4.78, 5) is 6.71. The minimum Gasteiger partial charge on any atom is -0.375 e. The Balaban J connectivity index is 2.27. The molecule has 2 rings (SSSR count). The summed E-state index contributed by atoms with van der Waals surface area (Å²) in [6.45, 7) is 6.24. The van der Waals surface area contributed by atoms with E-state index in [0.29, 0.717) is 17.6 Å². The second kappa shape index (κ2) is 5.87. The number of pyridine rings is 1. The normalized spacial score (nSPS) is 24.3. The lowest BCUT2D eigenvalue weighted by Gasteiger charge is -2.39. The molecule has 18 heavy (non-hydrogen) atoms. The summed E-state index contributed by atoms with van der Waals surface area (Å²) < 4.78 is 5.69. The topological polar surface area (TPSA) is 51.4 Å². The van der Waals surface area contributed by atoms with E-state index in [9.17, 15) is 0 Å². The Morgan fingerprint density at radius 2 is 2.39 bits per heavy atom. The molecule has 2 N–H and O–H groups in total.